The molecule has 1 N–H and O–H groups in total. The number of fused-ring (bicyclic) bond motifs is 1. The molecule has 0 saturated heterocycles. The molecule has 1 heterocycles. The zero-order valence-corrected chi connectivity index (χ0v) is 20.1. The Kier molecular flexibility index (Phi) is 8.96. The molecule has 0 spiro atoms. The standard InChI is InChI=1S/C25H31N3.HI/c1-5-6-9-18-26-25-19-21(23-10-7-8-11-24(23)28(25)4)15-12-20-13-16-22(17-14-20)27(2)3;/h7-8,10-17,19H,5-6,9,18H2,1-4H3;1H/b15-12+;. The molecule has 0 saturated carbocycles. The Hall–Kier alpha value is -2.08. The van der Waals surface area contributed by atoms with Gasteiger partial charge in [0.25, 0.3) is 5.82 Å². The van der Waals surface area contributed by atoms with Crippen molar-refractivity contribution in [3.8, 4) is 0 Å². The Labute approximate surface area is 192 Å². The minimum atomic E-state index is 0. The van der Waals surface area contributed by atoms with Crippen molar-refractivity contribution in [2.24, 2.45) is 7.05 Å². The number of benzene rings is 2. The van der Waals surface area contributed by atoms with Crippen molar-refractivity contribution < 1.29 is 28.5 Å². The summed E-state index contributed by atoms with van der Waals surface area (Å²) in [5, 5.41) is 4.89. The van der Waals surface area contributed by atoms with Crippen molar-refractivity contribution in [1.29, 1.82) is 0 Å². The predicted molar refractivity (Wildman–Crippen MR) is 123 cm³/mol. The fourth-order valence-corrected chi connectivity index (χ4v) is 3.43. The summed E-state index contributed by atoms with van der Waals surface area (Å²) in [5.74, 6) is 1.16. The molecule has 0 bridgehead atoms. The summed E-state index contributed by atoms with van der Waals surface area (Å²) in [6.45, 7) is 3.25. The molecule has 0 unspecified atom stereocenters. The molecule has 0 aliphatic heterocycles. The van der Waals surface area contributed by atoms with Gasteiger partial charge in [0.05, 0.1) is 13.6 Å². The van der Waals surface area contributed by atoms with Gasteiger partial charge in [-0.15, -0.1) is 0 Å². The third-order valence-electron chi connectivity index (χ3n) is 5.18. The van der Waals surface area contributed by atoms with Gasteiger partial charge in [-0.25, -0.2) is 4.57 Å². The van der Waals surface area contributed by atoms with Gasteiger partial charge in [0, 0.05) is 31.2 Å². The van der Waals surface area contributed by atoms with Gasteiger partial charge in [0.2, 0.25) is 0 Å². The minimum Gasteiger partial charge on any atom is -1.00 e. The molecule has 2 aromatic carbocycles. The van der Waals surface area contributed by atoms with Gasteiger partial charge in [-0.05, 0) is 42.2 Å². The summed E-state index contributed by atoms with van der Waals surface area (Å²) >= 11 is 0. The molecule has 0 aliphatic carbocycles. The number of hydrogen-bond acceptors (Lipinski definition) is 2. The van der Waals surface area contributed by atoms with Gasteiger partial charge in [0.15, 0.2) is 0 Å². The molecule has 0 amide bonds. The number of para-hydroxylation sites is 1. The fourth-order valence-electron chi connectivity index (χ4n) is 3.43. The lowest BCUT2D eigenvalue weighted by atomic mass is 10.1. The van der Waals surface area contributed by atoms with Crippen LogP contribution in [0.2, 0.25) is 0 Å². The Morgan fingerprint density at radius 3 is 2.38 bits per heavy atom. The highest BCUT2D eigenvalue weighted by Gasteiger charge is 2.12. The van der Waals surface area contributed by atoms with E-state index in [1.165, 1.54) is 47.0 Å². The van der Waals surface area contributed by atoms with Crippen molar-refractivity contribution in [3.05, 3.63) is 65.7 Å². The van der Waals surface area contributed by atoms with Crippen LogP contribution < -0.4 is 38.8 Å². The summed E-state index contributed by atoms with van der Waals surface area (Å²) in [5.41, 5.74) is 4.90. The average Bonchev–Trinajstić information content (AvgIpc) is 2.72. The highest BCUT2D eigenvalue weighted by molar-refractivity contribution is 5.90. The first-order valence-corrected chi connectivity index (χ1v) is 10.2. The predicted octanol–water partition coefficient (Wildman–Crippen LogP) is 2.51. The topological polar surface area (TPSA) is 19.1 Å². The van der Waals surface area contributed by atoms with E-state index < -0.39 is 0 Å². The third kappa shape index (κ3) is 5.95. The Morgan fingerprint density at radius 1 is 0.966 bits per heavy atom. The first-order chi connectivity index (χ1) is 13.6. The van der Waals surface area contributed by atoms with Crippen LogP contribution >= 0.6 is 0 Å². The number of aryl methyl sites for hydroxylation is 1. The van der Waals surface area contributed by atoms with E-state index in [-0.39, 0.29) is 24.0 Å². The summed E-state index contributed by atoms with van der Waals surface area (Å²) in [4.78, 5) is 2.12. The highest BCUT2D eigenvalue weighted by atomic mass is 127. The lowest BCUT2D eigenvalue weighted by molar-refractivity contribution is -0.630. The monoisotopic (exact) mass is 501 g/mol. The van der Waals surface area contributed by atoms with Crippen LogP contribution in [0.15, 0.2) is 54.6 Å². The SMILES string of the molecule is CCCCCNc1cc(/C=C/c2ccc(N(C)C)cc2)c2ccccc2[n+]1C.[I-]. The third-order valence-corrected chi connectivity index (χ3v) is 5.18. The van der Waals surface area contributed by atoms with E-state index in [1.807, 2.05) is 0 Å². The molecule has 4 heteroatoms. The maximum absolute atomic E-state index is 3.62. The van der Waals surface area contributed by atoms with Crippen molar-refractivity contribution in [3.63, 3.8) is 0 Å². The Balaban J connectivity index is 0.00000300. The van der Waals surface area contributed by atoms with E-state index in [1.54, 1.807) is 0 Å². The van der Waals surface area contributed by atoms with Crippen LogP contribution in [0.25, 0.3) is 23.1 Å². The molecular formula is C25H32IN3. The fraction of sp³-hybridized carbons (Fsp3) is 0.320. The maximum atomic E-state index is 3.62. The van der Waals surface area contributed by atoms with E-state index >= 15 is 0 Å². The Morgan fingerprint density at radius 2 is 1.69 bits per heavy atom. The normalized spacial score (nSPS) is 10.9. The molecule has 0 aliphatic rings. The molecule has 0 radical (unpaired) electrons. The van der Waals surface area contributed by atoms with Crippen LogP contribution in [0, 0.1) is 0 Å². The summed E-state index contributed by atoms with van der Waals surface area (Å²) in [6.07, 6.45) is 8.13. The molecule has 154 valence electrons. The number of nitrogens with one attached hydrogen (secondary N) is 1. The lowest BCUT2D eigenvalue weighted by Crippen LogP contribution is -3.00. The number of pyridine rings is 1. The summed E-state index contributed by atoms with van der Waals surface area (Å²) in [6, 6.07) is 19.5. The van der Waals surface area contributed by atoms with Gasteiger partial charge in [-0.1, -0.05) is 55.8 Å². The van der Waals surface area contributed by atoms with Crippen LogP contribution in [0.5, 0.6) is 0 Å². The molecule has 29 heavy (non-hydrogen) atoms. The second-order valence-electron chi connectivity index (χ2n) is 7.51. The first kappa shape index (κ1) is 23.2. The van der Waals surface area contributed by atoms with Gasteiger partial charge >= 0.3 is 0 Å². The van der Waals surface area contributed by atoms with E-state index in [4.69, 9.17) is 0 Å². The zero-order valence-electron chi connectivity index (χ0n) is 18.0. The first-order valence-electron chi connectivity index (χ1n) is 10.2. The van der Waals surface area contributed by atoms with Crippen LogP contribution in [0.3, 0.4) is 0 Å². The van der Waals surface area contributed by atoms with Crippen molar-refractivity contribution in [1.82, 2.24) is 0 Å². The molecule has 0 fully saturated rings. The van der Waals surface area contributed by atoms with E-state index in [0.29, 0.717) is 0 Å². The highest BCUT2D eigenvalue weighted by Crippen LogP contribution is 2.22. The van der Waals surface area contributed by atoms with E-state index in [2.05, 4.69) is 110 Å². The molecule has 3 aromatic rings. The number of nitrogens with zero attached hydrogens (tertiary/aromatic N) is 2. The van der Waals surface area contributed by atoms with Crippen LogP contribution in [0.1, 0.15) is 37.3 Å². The average molecular weight is 501 g/mol. The summed E-state index contributed by atoms with van der Waals surface area (Å²) in [7, 11) is 6.27. The van der Waals surface area contributed by atoms with Gasteiger partial charge in [-0.3, -0.25) is 5.32 Å². The van der Waals surface area contributed by atoms with Crippen LogP contribution in [0.4, 0.5) is 11.5 Å². The van der Waals surface area contributed by atoms with E-state index in [9.17, 15) is 0 Å². The largest absolute Gasteiger partial charge is 1.00 e. The zero-order chi connectivity index (χ0) is 19.9. The van der Waals surface area contributed by atoms with Crippen LogP contribution in [-0.2, 0) is 7.05 Å². The summed E-state index contributed by atoms with van der Waals surface area (Å²) < 4.78 is 2.25. The van der Waals surface area contributed by atoms with Gasteiger partial charge < -0.3 is 28.9 Å². The minimum absolute atomic E-state index is 0. The number of halogens is 1. The molecule has 3 rings (SSSR count). The number of anilines is 2. The van der Waals surface area contributed by atoms with Crippen LogP contribution in [-0.4, -0.2) is 20.6 Å². The van der Waals surface area contributed by atoms with Crippen molar-refractivity contribution >= 4 is 34.6 Å². The number of hydrogen-bond donors (Lipinski definition) is 1. The second-order valence-corrected chi connectivity index (χ2v) is 7.51. The Bertz CT molecular complexity index is 946. The molecule has 3 nitrogen and oxygen atoms in total. The quantitative estimate of drug-likeness (QED) is 0.291. The number of rotatable bonds is 8. The van der Waals surface area contributed by atoms with Gasteiger partial charge in [0.1, 0.15) is 5.52 Å². The lowest BCUT2D eigenvalue weighted by Gasteiger charge is -2.12. The molecule has 1 aromatic heterocycles. The smallest absolute Gasteiger partial charge is 0.275 e. The maximum Gasteiger partial charge on any atom is 0.275 e. The van der Waals surface area contributed by atoms with E-state index in [0.717, 1.165) is 12.4 Å². The van der Waals surface area contributed by atoms with Crippen molar-refractivity contribution in [2.75, 3.05) is 30.9 Å². The second kappa shape index (κ2) is 11.2. The van der Waals surface area contributed by atoms with Crippen molar-refractivity contribution in [2.45, 2.75) is 26.2 Å². The number of unbranched alkanes of at least 4 members (excludes halogenated alkanes) is 2. The van der Waals surface area contributed by atoms with Gasteiger partial charge in [-0.2, -0.15) is 0 Å². The number of aromatic nitrogens is 1. The molecular weight excluding hydrogens is 469 g/mol. The molecule has 0 atom stereocenters.